The molecule has 0 atom stereocenters. The van der Waals surface area contributed by atoms with E-state index < -0.39 is 5.91 Å². The van der Waals surface area contributed by atoms with E-state index in [2.05, 4.69) is 31.8 Å². The molecule has 2 aromatic carbocycles. The van der Waals surface area contributed by atoms with Crippen LogP contribution in [0, 0.1) is 0 Å². The van der Waals surface area contributed by atoms with Crippen LogP contribution in [-0.2, 0) is 0 Å². The number of carbonyl (C=O) groups excluding carboxylic acids is 1. The molecule has 0 unspecified atom stereocenters. The Kier molecular flexibility index (Phi) is 6.01. The fraction of sp³-hybridized carbons (Fsp3) is 0. The highest BCUT2D eigenvalue weighted by Gasteiger charge is 2.15. The summed E-state index contributed by atoms with van der Waals surface area (Å²) in [4.78, 5) is 12.8. The van der Waals surface area contributed by atoms with Crippen molar-refractivity contribution >= 4 is 79.0 Å². The smallest absolute Gasteiger partial charge is 0.261 e. The van der Waals surface area contributed by atoms with Gasteiger partial charge in [0.05, 0.1) is 5.02 Å². The molecule has 1 amide bonds. The Bertz CT molecular complexity index is 1120. The summed E-state index contributed by atoms with van der Waals surface area (Å²) in [6.07, 6.45) is 0. The number of carbonyl (C=O) groups is 1. The van der Waals surface area contributed by atoms with Crippen molar-refractivity contribution in [1.82, 2.24) is 5.43 Å². The lowest BCUT2D eigenvalue weighted by atomic mass is 10.1. The van der Waals surface area contributed by atoms with Crippen molar-refractivity contribution in [2.75, 3.05) is 5.32 Å². The average Bonchev–Trinajstić information content (AvgIpc) is 2.61. The molecule has 0 aliphatic carbocycles. The van der Waals surface area contributed by atoms with Gasteiger partial charge in [0.15, 0.2) is 10.7 Å². The molecular formula is C17H11BrCl2N4O2S. The van der Waals surface area contributed by atoms with Crippen LogP contribution in [0.3, 0.4) is 0 Å². The molecule has 0 bridgehead atoms. The van der Waals surface area contributed by atoms with Crippen LogP contribution in [0.25, 0.3) is 11.0 Å². The molecule has 3 aromatic rings. The van der Waals surface area contributed by atoms with Crippen LogP contribution in [-0.4, -0.2) is 11.0 Å². The fourth-order valence-corrected chi connectivity index (χ4v) is 3.10. The van der Waals surface area contributed by atoms with Crippen LogP contribution >= 0.6 is 51.3 Å². The number of fused-ring (bicyclic) bond motifs is 1. The van der Waals surface area contributed by atoms with Crippen molar-refractivity contribution < 1.29 is 9.21 Å². The molecular weight excluding hydrogens is 475 g/mol. The standard InChI is InChI=1S/C17H11BrCl2N4O2S/c18-9-1-3-11(4-2-9)22-15(25)12-6-8-5-10(19)7-13(20)14(8)26-16(12)23-24-17(21)27/h1-7H,(H,22,25)(H3,21,24,27). The van der Waals surface area contributed by atoms with Crippen LogP contribution in [0.1, 0.15) is 10.4 Å². The fourth-order valence-electron chi connectivity index (χ4n) is 2.25. The molecule has 1 aromatic heterocycles. The molecule has 10 heteroatoms. The topological polar surface area (TPSA) is 92.7 Å². The first-order valence-electron chi connectivity index (χ1n) is 7.42. The molecule has 27 heavy (non-hydrogen) atoms. The molecule has 0 saturated carbocycles. The molecule has 0 spiro atoms. The van der Waals surface area contributed by atoms with Gasteiger partial charge < -0.3 is 15.5 Å². The predicted octanol–water partition coefficient (Wildman–Crippen LogP) is 4.40. The van der Waals surface area contributed by atoms with E-state index >= 15 is 0 Å². The number of rotatable bonds is 3. The van der Waals surface area contributed by atoms with Gasteiger partial charge in [-0.05, 0) is 54.7 Å². The molecule has 0 aliphatic rings. The minimum absolute atomic E-state index is 0.0332. The Morgan fingerprint density at radius 3 is 2.56 bits per heavy atom. The second-order valence-corrected chi connectivity index (χ2v) is 7.52. The molecule has 6 nitrogen and oxygen atoms in total. The van der Waals surface area contributed by atoms with E-state index in [0.717, 1.165) is 4.47 Å². The minimum Gasteiger partial charge on any atom is -0.435 e. The van der Waals surface area contributed by atoms with Gasteiger partial charge in [-0.15, -0.1) is 5.10 Å². The van der Waals surface area contributed by atoms with E-state index in [9.17, 15) is 4.79 Å². The van der Waals surface area contributed by atoms with Crippen molar-refractivity contribution in [3.63, 3.8) is 0 Å². The van der Waals surface area contributed by atoms with Crippen molar-refractivity contribution in [1.29, 1.82) is 0 Å². The number of hydrogen-bond acceptors (Lipinski definition) is 4. The van der Waals surface area contributed by atoms with Gasteiger partial charge >= 0.3 is 0 Å². The van der Waals surface area contributed by atoms with Gasteiger partial charge in [-0.25, -0.2) is 0 Å². The lowest BCUT2D eigenvalue weighted by Crippen LogP contribution is -2.29. The van der Waals surface area contributed by atoms with Crippen molar-refractivity contribution in [2.24, 2.45) is 10.8 Å². The lowest BCUT2D eigenvalue weighted by Gasteiger charge is -2.08. The molecule has 0 aliphatic heterocycles. The number of nitrogens with two attached hydrogens (primary N) is 1. The van der Waals surface area contributed by atoms with E-state index in [1.807, 2.05) is 0 Å². The Morgan fingerprint density at radius 2 is 1.89 bits per heavy atom. The summed E-state index contributed by atoms with van der Waals surface area (Å²) in [6.45, 7) is 0. The number of benzene rings is 2. The van der Waals surface area contributed by atoms with Crippen LogP contribution in [0.2, 0.25) is 10.0 Å². The van der Waals surface area contributed by atoms with Crippen LogP contribution in [0.15, 0.2) is 56.5 Å². The molecule has 4 N–H and O–H groups in total. The quantitative estimate of drug-likeness (QED) is 0.377. The first-order valence-corrected chi connectivity index (χ1v) is 9.38. The summed E-state index contributed by atoms with van der Waals surface area (Å²) in [5.41, 5.74) is 8.85. The molecule has 1 heterocycles. The highest BCUT2D eigenvalue weighted by molar-refractivity contribution is 9.10. The maximum absolute atomic E-state index is 12.8. The van der Waals surface area contributed by atoms with Crippen LogP contribution in [0.5, 0.6) is 0 Å². The van der Waals surface area contributed by atoms with Gasteiger partial charge in [0.1, 0.15) is 5.56 Å². The van der Waals surface area contributed by atoms with Gasteiger partial charge in [0.25, 0.3) is 5.91 Å². The molecule has 3 rings (SSSR count). The van der Waals surface area contributed by atoms with Crippen LogP contribution in [0.4, 0.5) is 5.69 Å². The number of nitrogens with one attached hydrogen (secondary N) is 2. The zero-order valence-corrected chi connectivity index (χ0v) is 17.3. The summed E-state index contributed by atoms with van der Waals surface area (Å²) < 4.78 is 6.59. The van der Waals surface area contributed by atoms with Crippen molar-refractivity contribution in [2.45, 2.75) is 0 Å². The minimum atomic E-state index is -0.442. The largest absolute Gasteiger partial charge is 0.435 e. The van der Waals surface area contributed by atoms with E-state index in [0.29, 0.717) is 21.7 Å². The van der Waals surface area contributed by atoms with E-state index in [4.69, 9.17) is 45.6 Å². The zero-order valence-electron chi connectivity index (χ0n) is 13.4. The summed E-state index contributed by atoms with van der Waals surface area (Å²) in [5.74, 6) is -0.442. The number of thiocarbonyl (C=S) groups is 1. The van der Waals surface area contributed by atoms with E-state index in [-0.39, 0.29) is 21.3 Å². The average molecular weight is 486 g/mol. The maximum Gasteiger partial charge on any atom is 0.261 e. The lowest BCUT2D eigenvalue weighted by molar-refractivity contribution is 0.102. The van der Waals surface area contributed by atoms with Gasteiger partial charge in [-0.1, -0.05) is 39.1 Å². The van der Waals surface area contributed by atoms with E-state index in [1.165, 1.54) is 6.07 Å². The molecule has 0 radical (unpaired) electrons. The monoisotopic (exact) mass is 484 g/mol. The van der Waals surface area contributed by atoms with Gasteiger partial charge in [0.2, 0.25) is 5.55 Å². The Labute approximate surface area is 177 Å². The SMILES string of the molecule is NC(=S)NN=c1oc2c(Cl)cc(Cl)cc2cc1C(=O)Nc1ccc(Br)cc1. The zero-order chi connectivity index (χ0) is 19.6. The molecule has 138 valence electrons. The summed E-state index contributed by atoms with van der Waals surface area (Å²) in [5, 5.41) is 7.88. The second kappa shape index (κ2) is 8.26. The summed E-state index contributed by atoms with van der Waals surface area (Å²) in [7, 11) is 0. The van der Waals surface area contributed by atoms with Gasteiger partial charge in [-0.2, -0.15) is 0 Å². The predicted molar refractivity (Wildman–Crippen MR) is 114 cm³/mol. The highest BCUT2D eigenvalue weighted by Crippen LogP contribution is 2.27. The third kappa shape index (κ3) is 4.78. The van der Waals surface area contributed by atoms with Crippen LogP contribution < -0.4 is 22.0 Å². The highest BCUT2D eigenvalue weighted by atomic mass is 79.9. The second-order valence-electron chi connectivity index (χ2n) is 5.32. The number of nitrogens with zero attached hydrogens (tertiary/aromatic N) is 1. The summed E-state index contributed by atoms with van der Waals surface area (Å²) >= 11 is 20.3. The Morgan fingerprint density at radius 1 is 1.19 bits per heavy atom. The van der Waals surface area contributed by atoms with Gasteiger partial charge in [0, 0.05) is 20.6 Å². The third-order valence-electron chi connectivity index (χ3n) is 3.38. The van der Waals surface area contributed by atoms with Crippen molar-refractivity contribution in [3.8, 4) is 0 Å². The number of anilines is 1. The first-order chi connectivity index (χ1) is 12.8. The molecule has 0 saturated heterocycles. The number of hydrogen-bond donors (Lipinski definition) is 3. The normalized spacial score (nSPS) is 11.4. The number of halogens is 3. The Hall–Kier alpha value is -2.13. The summed E-state index contributed by atoms with van der Waals surface area (Å²) in [6, 6.07) is 11.8. The first kappa shape index (κ1) is 19.6. The van der Waals surface area contributed by atoms with Crippen molar-refractivity contribution in [3.05, 3.63) is 68.1 Å². The number of amides is 1. The third-order valence-corrected chi connectivity index (χ3v) is 4.50. The molecule has 0 fully saturated rings. The van der Waals surface area contributed by atoms with Gasteiger partial charge in [-0.3, -0.25) is 10.2 Å². The Balaban J connectivity index is 2.11. The van der Waals surface area contributed by atoms with E-state index in [1.54, 1.807) is 36.4 Å². The maximum atomic E-state index is 12.8.